The van der Waals surface area contributed by atoms with Crippen LogP contribution in [0.5, 0.6) is 0 Å². The summed E-state index contributed by atoms with van der Waals surface area (Å²) in [5.74, 6) is 0.0844. The van der Waals surface area contributed by atoms with Gasteiger partial charge < -0.3 is 10.2 Å². The largest absolute Gasteiger partial charge is 0.370 e. The Balaban J connectivity index is 2.05. The van der Waals surface area contributed by atoms with E-state index in [9.17, 15) is 4.79 Å². The number of carbonyl (C=O) groups is 1. The maximum Gasteiger partial charge on any atom is 0.224 e. The van der Waals surface area contributed by atoms with E-state index in [1.165, 1.54) is 12.8 Å². The van der Waals surface area contributed by atoms with Crippen molar-refractivity contribution in [2.75, 3.05) is 23.3 Å². The van der Waals surface area contributed by atoms with Gasteiger partial charge in [0.25, 0.3) is 0 Å². The second kappa shape index (κ2) is 7.53. The first-order chi connectivity index (χ1) is 9.70. The normalized spacial score (nSPS) is 14.6. The lowest BCUT2D eigenvalue weighted by Gasteiger charge is -2.21. The van der Waals surface area contributed by atoms with E-state index >= 15 is 0 Å². The van der Waals surface area contributed by atoms with Crippen LogP contribution in [0.25, 0.3) is 0 Å². The Hall–Kier alpha value is -1.22. The number of hydrogen-bond donors (Lipinski definition) is 1. The van der Waals surface area contributed by atoms with Crippen molar-refractivity contribution in [1.82, 2.24) is 0 Å². The number of hydrogen-bond acceptors (Lipinski definition) is 2. The Bertz CT molecular complexity index is 456. The standard InChI is InChI=1S/C16H23ClN2O/c1-2-3-4-7-16(20)18-14-12-13(17)8-9-15(14)19-10-5-6-11-19/h8-9,12H,2-7,10-11H2,1H3,(H,18,20). The molecular formula is C16H23ClN2O. The van der Waals surface area contributed by atoms with Gasteiger partial charge in [0.15, 0.2) is 0 Å². The van der Waals surface area contributed by atoms with Gasteiger partial charge in [-0.05, 0) is 37.5 Å². The molecule has 1 aliphatic rings. The van der Waals surface area contributed by atoms with E-state index in [4.69, 9.17) is 11.6 Å². The van der Waals surface area contributed by atoms with Crippen LogP contribution >= 0.6 is 11.6 Å². The van der Waals surface area contributed by atoms with E-state index in [0.717, 1.165) is 43.7 Å². The summed E-state index contributed by atoms with van der Waals surface area (Å²) >= 11 is 6.06. The number of nitrogens with zero attached hydrogens (tertiary/aromatic N) is 1. The predicted molar refractivity (Wildman–Crippen MR) is 85.7 cm³/mol. The van der Waals surface area contributed by atoms with Crippen LogP contribution in [0.3, 0.4) is 0 Å². The summed E-state index contributed by atoms with van der Waals surface area (Å²) in [5.41, 5.74) is 1.94. The highest BCUT2D eigenvalue weighted by molar-refractivity contribution is 6.31. The molecule has 0 bridgehead atoms. The van der Waals surface area contributed by atoms with Gasteiger partial charge in [-0.15, -0.1) is 0 Å². The minimum Gasteiger partial charge on any atom is -0.370 e. The molecule has 20 heavy (non-hydrogen) atoms. The number of benzene rings is 1. The number of rotatable bonds is 6. The molecule has 1 aliphatic heterocycles. The van der Waals surface area contributed by atoms with Gasteiger partial charge in [-0.25, -0.2) is 0 Å². The van der Waals surface area contributed by atoms with Gasteiger partial charge in [0, 0.05) is 24.5 Å². The van der Waals surface area contributed by atoms with E-state index in [2.05, 4.69) is 17.1 Å². The summed E-state index contributed by atoms with van der Waals surface area (Å²) in [7, 11) is 0. The van der Waals surface area contributed by atoms with E-state index in [-0.39, 0.29) is 5.91 Å². The topological polar surface area (TPSA) is 32.3 Å². The molecule has 0 radical (unpaired) electrons. The average molecular weight is 295 g/mol. The molecule has 0 aliphatic carbocycles. The monoisotopic (exact) mass is 294 g/mol. The second-order valence-electron chi connectivity index (χ2n) is 5.36. The molecule has 3 nitrogen and oxygen atoms in total. The van der Waals surface area contributed by atoms with Crippen LogP contribution in [0, 0.1) is 0 Å². The van der Waals surface area contributed by atoms with E-state index in [1.807, 2.05) is 18.2 Å². The van der Waals surface area contributed by atoms with Gasteiger partial charge in [0.1, 0.15) is 0 Å². The van der Waals surface area contributed by atoms with Crippen molar-refractivity contribution in [2.45, 2.75) is 45.4 Å². The highest BCUT2D eigenvalue weighted by atomic mass is 35.5. The van der Waals surface area contributed by atoms with Gasteiger partial charge in [0.2, 0.25) is 5.91 Å². The quantitative estimate of drug-likeness (QED) is 0.786. The van der Waals surface area contributed by atoms with Crippen LogP contribution in [0.4, 0.5) is 11.4 Å². The number of amides is 1. The van der Waals surface area contributed by atoms with Gasteiger partial charge >= 0.3 is 0 Å². The zero-order chi connectivity index (χ0) is 14.4. The zero-order valence-electron chi connectivity index (χ0n) is 12.1. The zero-order valence-corrected chi connectivity index (χ0v) is 12.9. The third-order valence-electron chi connectivity index (χ3n) is 3.69. The third kappa shape index (κ3) is 4.14. The predicted octanol–water partition coefficient (Wildman–Crippen LogP) is 4.46. The summed E-state index contributed by atoms with van der Waals surface area (Å²) < 4.78 is 0. The summed E-state index contributed by atoms with van der Waals surface area (Å²) in [6.07, 6.45) is 6.19. The highest BCUT2D eigenvalue weighted by Gasteiger charge is 2.17. The fourth-order valence-electron chi connectivity index (χ4n) is 2.59. The fraction of sp³-hybridized carbons (Fsp3) is 0.562. The first kappa shape index (κ1) is 15.2. The first-order valence-corrected chi connectivity index (χ1v) is 7.93. The van der Waals surface area contributed by atoms with Crippen LogP contribution in [0.2, 0.25) is 5.02 Å². The van der Waals surface area contributed by atoms with Crippen molar-refractivity contribution in [3.63, 3.8) is 0 Å². The molecule has 1 amide bonds. The number of anilines is 2. The van der Waals surface area contributed by atoms with E-state index in [0.29, 0.717) is 11.4 Å². The minimum atomic E-state index is 0.0844. The van der Waals surface area contributed by atoms with E-state index < -0.39 is 0 Å². The highest BCUT2D eigenvalue weighted by Crippen LogP contribution is 2.31. The molecule has 1 heterocycles. The van der Waals surface area contributed by atoms with Crippen LogP contribution in [0.15, 0.2) is 18.2 Å². The third-order valence-corrected chi connectivity index (χ3v) is 3.92. The summed E-state index contributed by atoms with van der Waals surface area (Å²) in [6, 6.07) is 5.75. The molecule has 0 spiro atoms. The van der Waals surface area contributed by atoms with Crippen molar-refractivity contribution in [2.24, 2.45) is 0 Å². The molecule has 0 atom stereocenters. The van der Waals surface area contributed by atoms with Crippen molar-refractivity contribution < 1.29 is 4.79 Å². The molecule has 4 heteroatoms. The number of halogens is 1. The number of unbranched alkanes of at least 4 members (excludes halogenated alkanes) is 2. The van der Waals surface area contributed by atoms with Crippen molar-refractivity contribution >= 4 is 28.9 Å². The van der Waals surface area contributed by atoms with Gasteiger partial charge in [0.05, 0.1) is 11.4 Å². The number of carbonyl (C=O) groups excluding carboxylic acids is 1. The first-order valence-electron chi connectivity index (χ1n) is 7.55. The van der Waals surface area contributed by atoms with E-state index in [1.54, 1.807) is 0 Å². The van der Waals surface area contributed by atoms with Crippen LogP contribution < -0.4 is 10.2 Å². The average Bonchev–Trinajstić information content (AvgIpc) is 2.93. The Morgan fingerprint density at radius 2 is 2.05 bits per heavy atom. The molecule has 0 aromatic heterocycles. The lowest BCUT2D eigenvalue weighted by molar-refractivity contribution is -0.116. The Labute approximate surface area is 126 Å². The van der Waals surface area contributed by atoms with Crippen LogP contribution in [-0.2, 0) is 4.79 Å². The molecule has 1 aromatic rings. The maximum absolute atomic E-state index is 12.0. The van der Waals surface area contributed by atoms with Crippen LogP contribution in [0.1, 0.15) is 45.4 Å². The van der Waals surface area contributed by atoms with Crippen LogP contribution in [-0.4, -0.2) is 19.0 Å². The molecule has 2 rings (SSSR count). The number of nitrogens with one attached hydrogen (secondary N) is 1. The molecule has 0 unspecified atom stereocenters. The van der Waals surface area contributed by atoms with Gasteiger partial charge in [-0.2, -0.15) is 0 Å². The summed E-state index contributed by atoms with van der Waals surface area (Å²) in [6.45, 7) is 4.25. The Kier molecular flexibility index (Phi) is 5.72. The molecule has 1 N–H and O–H groups in total. The lowest BCUT2D eigenvalue weighted by atomic mass is 10.2. The smallest absolute Gasteiger partial charge is 0.224 e. The maximum atomic E-state index is 12.0. The molecule has 1 fully saturated rings. The molecule has 1 saturated heterocycles. The molecule has 1 aromatic carbocycles. The molecule has 0 saturated carbocycles. The van der Waals surface area contributed by atoms with Crippen molar-refractivity contribution in [3.8, 4) is 0 Å². The Morgan fingerprint density at radius 3 is 2.75 bits per heavy atom. The Morgan fingerprint density at radius 1 is 1.30 bits per heavy atom. The van der Waals surface area contributed by atoms with Gasteiger partial charge in [-0.3, -0.25) is 4.79 Å². The SMILES string of the molecule is CCCCCC(=O)Nc1cc(Cl)ccc1N1CCCC1. The van der Waals surface area contributed by atoms with Crippen molar-refractivity contribution in [1.29, 1.82) is 0 Å². The lowest BCUT2D eigenvalue weighted by Crippen LogP contribution is -2.21. The second-order valence-corrected chi connectivity index (χ2v) is 5.80. The molecular weight excluding hydrogens is 272 g/mol. The fourth-order valence-corrected chi connectivity index (χ4v) is 2.76. The van der Waals surface area contributed by atoms with Crippen molar-refractivity contribution in [3.05, 3.63) is 23.2 Å². The molecule has 110 valence electrons. The summed E-state index contributed by atoms with van der Waals surface area (Å²) in [5, 5.41) is 3.69. The van der Waals surface area contributed by atoms with Gasteiger partial charge in [-0.1, -0.05) is 31.4 Å². The minimum absolute atomic E-state index is 0.0844. The summed E-state index contributed by atoms with van der Waals surface area (Å²) in [4.78, 5) is 14.3.